The number of halogens is 2. The van der Waals surface area contributed by atoms with Gasteiger partial charge in [-0.1, -0.05) is 0 Å². The molecule has 0 unspecified atom stereocenters. The van der Waals surface area contributed by atoms with Gasteiger partial charge < -0.3 is 14.8 Å². The fourth-order valence-corrected chi connectivity index (χ4v) is 0.962. The van der Waals surface area contributed by atoms with Crippen molar-refractivity contribution >= 4 is 5.97 Å². The maximum absolute atomic E-state index is 12.2. The summed E-state index contributed by atoms with van der Waals surface area (Å²) in [5.74, 6) is -2.18. The fourth-order valence-electron chi connectivity index (χ4n) is 0.962. The second-order valence-corrected chi connectivity index (χ2v) is 2.59. The molecule has 1 rings (SSSR count). The Balaban J connectivity index is 3.34. The van der Waals surface area contributed by atoms with Crippen molar-refractivity contribution in [3.63, 3.8) is 0 Å². The number of hydrogen-bond acceptors (Lipinski definition) is 4. The van der Waals surface area contributed by atoms with Crippen LogP contribution in [-0.2, 0) is 4.74 Å². The van der Waals surface area contributed by atoms with Crippen LogP contribution in [0, 0.1) is 0 Å². The van der Waals surface area contributed by atoms with E-state index in [9.17, 15) is 18.4 Å². The molecule has 0 radical (unpaired) electrons. The Morgan fingerprint density at radius 1 is 1.60 bits per heavy atom. The SMILES string of the molecule is COC(=O)c1c[nH]c(C(F)F)c(O)c1=O. The Morgan fingerprint density at radius 3 is 2.67 bits per heavy atom. The molecule has 0 saturated carbocycles. The normalized spacial score (nSPS) is 10.4. The van der Waals surface area contributed by atoms with Gasteiger partial charge in [0.05, 0.1) is 7.11 Å². The van der Waals surface area contributed by atoms with Gasteiger partial charge in [0.1, 0.15) is 11.3 Å². The van der Waals surface area contributed by atoms with Crippen molar-refractivity contribution in [3.05, 3.63) is 27.7 Å². The number of nitrogens with one attached hydrogen (secondary N) is 1. The summed E-state index contributed by atoms with van der Waals surface area (Å²) in [6.45, 7) is 0. The molecule has 0 aliphatic heterocycles. The largest absolute Gasteiger partial charge is 0.503 e. The molecule has 0 fully saturated rings. The summed E-state index contributed by atoms with van der Waals surface area (Å²) in [5.41, 5.74) is -2.64. The molecule has 1 heterocycles. The maximum Gasteiger partial charge on any atom is 0.343 e. The summed E-state index contributed by atoms with van der Waals surface area (Å²) in [6, 6.07) is 0. The summed E-state index contributed by atoms with van der Waals surface area (Å²) in [4.78, 5) is 24.1. The molecular formula is C8H7F2NO4. The minimum Gasteiger partial charge on any atom is -0.503 e. The summed E-state index contributed by atoms with van der Waals surface area (Å²) in [5, 5.41) is 9.06. The van der Waals surface area contributed by atoms with Crippen LogP contribution in [0.25, 0.3) is 0 Å². The number of esters is 1. The van der Waals surface area contributed by atoms with Crippen molar-refractivity contribution in [2.24, 2.45) is 0 Å². The maximum atomic E-state index is 12.2. The fraction of sp³-hybridized carbons (Fsp3) is 0.250. The Hall–Kier alpha value is -1.92. The summed E-state index contributed by atoms with van der Waals surface area (Å²) in [7, 11) is 1.03. The molecule has 0 aliphatic carbocycles. The van der Waals surface area contributed by atoms with Crippen LogP contribution in [-0.4, -0.2) is 23.2 Å². The van der Waals surface area contributed by atoms with E-state index in [0.717, 1.165) is 13.3 Å². The zero-order valence-corrected chi connectivity index (χ0v) is 7.58. The van der Waals surface area contributed by atoms with Crippen molar-refractivity contribution in [2.45, 2.75) is 6.43 Å². The lowest BCUT2D eigenvalue weighted by atomic mass is 10.2. The van der Waals surface area contributed by atoms with Crippen LogP contribution >= 0.6 is 0 Å². The van der Waals surface area contributed by atoms with Gasteiger partial charge in [-0.3, -0.25) is 4.79 Å². The molecule has 5 nitrogen and oxygen atoms in total. The summed E-state index contributed by atoms with van der Waals surface area (Å²) in [6.07, 6.45) is -2.25. The molecule has 0 saturated heterocycles. The van der Waals surface area contributed by atoms with Gasteiger partial charge in [0.2, 0.25) is 5.43 Å². The topological polar surface area (TPSA) is 79.4 Å². The third-order valence-corrected chi connectivity index (χ3v) is 1.71. The van der Waals surface area contributed by atoms with E-state index in [1.807, 2.05) is 4.98 Å². The molecule has 15 heavy (non-hydrogen) atoms. The van der Waals surface area contributed by atoms with Gasteiger partial charge in [-0.05, 0) is 0 Å². The van der Waals surface area contributed by atoms with Crippen LogP contribution in [0.1, 0.15) is 22.5 Å². The molecule has 0 aliphatic rings. The highest BCUT2D eigenvalue weighted by Gasteiger charge is 2.21. The number of methoxy groups -OCH3 is 1. The Labute approximate surface area is 82.3 Å². The van der Waals surface area contributed by atoms with Gasteiger partial charge in [-0.2, -0.15) is 0 Å². The van der Waals surface area contributed by atoms with Crippen molar-refractivity contribution in [1.29, 1.82) is 0 Å². The second kappa shape index (κ2) is 4.07. The number of aromatic hydroxyl groups is 1. The van der Waals surface area contributed by atoms with E-state index in [-0.39, 0.29) is 0 Å². The molecule has 0 bridgehead atoms. The molecule has 1 aromatic heterocycles. The Morgan fingerprint density at radius 2 is 2.20 bits per heavy atom. The third-order valence-electron chi connectivity index (χ3n) is 1.71. The molecule has 0 amide bonds. The third kappa shape index (κ3) is 1.95. The summed E-state index contributed by atoms with van der Waals surface area (Å²) >= 11 is 0. The van der Waals surface area contributed by atoms with E-state index in [2.05, 4.69) is 4.74 Å². The molecule has 7 heteroatoms. The minimum atomic E-state index is -3.02. The van der Waals surface area contributed by atoms with Crippen LogP contribution < -0.4 is 5.43 Å². The predicted molar refractivity (Wildman–Crippen MR) is 45.0 cm³/mol. The Kier molecular flexibility index (Phi) is 3.03. The lowest BCUT2D eigenvalue weighted by Crippen LogP contribution is -2.18. The average Bonchev–Trinajstić information content (AvgIpc) is 2.20. The average molecular weight is 219 g/mol. The highest BCUT2D eigenvalue weighted by atomic mass is 19.3. The highest BCUT2D eigenvalue weighted by molar-refractivity contribution is 5.89. The van der Waals surface area contributed by atoms with Crippen LogP contribution in [0.5, 0.6) is 5.75 Å². The smallest absolute Gasteiger partial charge is 0.343 e. The number of carbonyl (C=O) groups excluding carboxylic acids is 1. The first-order chi connectivity index (χ1) is 6.99. The van der Waals surface area contributed by atoms with Gasteiger partial charge in [-0.15, -0.1) is 0 Å². The van der Waals surface area contributed by atoms with E-state index >= 15 is 0 Å². The van der Waals surface area contributed by atoms with Gasteiger partial charge in [0, 0.05) is 6.20 Å². The first-order valence-electron chi connectivity index (χ1n) is 3.80. The number of rotatable bonds is 2. The first-order valence-corrected chi connectivity index (χ1v) is 3.80. The van der Waals surface area contributed by atoms with Crippen molar-refractivity contribution < 1.29 is 23.4 Å². The number of alkyl halides is 2. The van der Waals surface area contributed by atoms with E-state index in [4.69, 9.17) is 5.11 Å². The summed E-state index contributed by atoms with van der Waals surface area (Å²) < 4.78 is 28.6. The number of aromatic nitrogens is 1. The molecule has 82 valence electrons. The van der Waals surface area contributed by atoms with Crippen molar-refractivity contribution in [3.8, 4) is 5.75 Å². The number of carbonyl (C=O) groups is 1. The second-order valence-electron chi connectivity index (χ2n) is 2.59. The quantitative estimate of drug-likeness (QED) is 0.721. The lowest BCUT2D eigenvalue weighted by molar-refractivity contribution is 0.0597. The number of ether oxygens (including phenoxy) is 1. The number of pyridine rings is 1. The van der Waals surface area contributed by atoms with Gasteiger partial charge in [0.25, 0.3) is 6.43 Å². The van der Waals surface area contributed by atoms with Crippen molar-refractivity contribution in [1.82, 2.24) is 4.98 Å². The van der Waals surface area contributed by atoms with E-state index in [0.29, 0.717) is 0 Å². The lowest BCUT2D eigenvalue weighted by Gasteiger charge is -2.04. The minimum absolute atomic E-state index is 0.528. The number of aromatic amines is 1. The van der Waals surface area contributed by atoms with E-state index < -0.39 is 34.8 Å². The van der Waals surface area contributed by atoms with Gasteiger partial charge in [-0.25, -0.2) is 13.6 Å². The number of hydrogen-bond donors (Lipinski definition) is 2. The van der Waals surface area contributed by atoms with Crippen LogP contribution in [0.3, 0.4) is 0 Å². The molecular weight excluding hydrogens is 212 g/mol. The molecule has 0 spiro atoms. The predicted octanol–water partition coefficient (Wildman–Crippen LogP) is 0.805. The van der Waals surface area contributed by atoms with E-state index in [1.165, 1.54) is 0 Å². The van der Waals surface area contributed by atoms with Crippen LogP contribution in [0.2, 0.25) is 0 Å². The van der Waals surface area contributed by atoms with Gasteiger partial charge >= 0.3 is 5.97 Å². The zero-order chi connectivity index (χ0) is 11.6. The van der Waals surface area contributed by atoms with E-state index in [1.54, 1.807) is 0 Å². The number of H-pyrrole nitrogens is 1. The molecule has 1 aromatic rings. The molecule has 0 aromatic carbocycles. The van der Waals surface area contributed by atoms with Crippen LogP contribution in [0.15, 0.2) is 11.0 Å². The monoisotopic (exact) mass is 219 g/mol. The zero-order valence-electron chi connectivity index (χ0n) is 7.58. The van der Waals surface area contributed by atoms with Gasteiger partial charge in [0.15, 0.2) is 5.75 Å². The first kappa shape index (κ1) is 11.2. The standard InChI is InChI=1S/C8H7F2NO4/c1-15-8(14)3-2-11-4(7(9)10)6(13)5(3)12/h2,7,13H,1H3,(H,11,12). The van der Waals surface area contributed by atoms with Crippen molar-refractivity contribution in [2.75, 3.05) is 7.11 Å². The highest BCUT2D eigenvalue weighted by Crippen LogP contribution is 2.22. The molecule has 2 N–H and O–H groups in total. The molecule has 0 atom stereocenters. The van der Waals surface area contributed by atoms with Crippen LogP contribution in [0.4, 0.5) is 8.78 Å². The Bertz CT molecular complexity index is 441.